The standard InChI is InChI=1S/C22H22F2N4O3/c1-13-25-7-4-17(26-13)20(29)27-8-5-22(6-9-27)21(30)28-18(2-3-19(28)31-22)14-10-15(23)12-16(24)11-14/h4,7,10-12,18-19H,2-3,5-6,8-9H2,1H3/t18-,19+/m0/s1. The van der Waals surface area contributed by atoms with E-state index in [1.807, 2.05) is 0 Å². The van der Waals surface area contributed by atoms with Crippen molar-refractivity contribution >= 4 is 11.8 Å². The topological polar surface area (TPSA) is 75.6 Å². The van der Waals surface area contributed by atoms with Crippen molar-refractivity contribution < 1.29 is 23.1 Å². The quantitative estimate of drug-likeness (QED) is 0.735. The van der Waals surface area contributed by atoms with E-state index in [-0.39, 0.29) is 11.8 Å². The first-order valence-corrected chi connectivity index (χ1v) is 10.4. The first kappa shape index (κ1) is 20.0. The van der Waals surface area contributed by atoms with Crippen LogP contribution in [0.4, 0.5) is 8.78 Å². The van der Waals surface area contributed by atoms with Gasteiger partial charge in [-0.3, -0.25) is 9.59 Å². The lowest BCUT2D eigenvalue weighted by molar-refractivity contribution is -0.142. The summed E-state index contributed by atoms with van der Waals surface area (Å²) in [5.41, 5.74) is -0.218. The van der Waals surface area contributed by atoms with E-state index in [4.69, 9.17) is 4.74 Å². The molecule has 0 bridgehead atoms. The van der Waals surface area contributed by atoms with Crippen molar-refractivity contribution in [3.05, 3.63) is 59.2 Å². The minimum atomic E-state index is -0.992. The van der Waals surface area contributed by atoms with E-state index in [2.05, 4.69) is 9.97 Å². The van der Waals surface area contributed by atoms with Gasteiger partial charge < -0.3 is 14.5 Å². The van der Waals surface area contributed by atoms with Crippen molar-refractivity contribution in [2.45, 2.75) is 50.5 Å². The molecule has 3 fully saturated rings. The van der Waals surface area contributed by atoms with Gasteiger partial charge >= 0.3 is 0 Å². The molecule has 0 N–H and O–H groups in total. The first-order chi connectivity index (χ1) is 14.9. The molecule has 2 amide bonds. The first-order valence-electron chi connectivity index (χ1n) is 10.4. The summed E-state index contributed by atoms with van der Waals surface area (Å²) in [5, 5.41) is 0. The van der Waals surface area contributed by atoms with Gasteiger partial charge in [-0.1, -0.05) is 0 Å². The molecule has 9 heteroatoms. The average Bonchev–Trinajstić information content (AvgIpc) is 3.26. The number of hydrogen-bond acceptors (Lipinski definition) is 5. The van der Waals surface area contributed by atoms with Crippen LogP contribution in [0.2, 0.25) is 0 Å². The highest BCUT2D eigenvalue weighted by Crippen LogP contribution is 2.47. The van der Waals surface area contributed by atoms with Gasteiger partial charge in [0.1, 0.15) is 29.4 Å². The predicted molar refractivity (Wildman–Crippen MR) is 105 cm³/mol. The molecule has 31 heavy (non-hydrogen) atoms. The van der Waals surface area contributed by atoms with Crippen molar-refractivity contribution in [1.29, 1.82) is 0 Å². The van der Waals surface area contributed by atoms with E-state index < -0.39 is 29.5 Å². The summed E-state index contributed by atoms with van der Waals surface area (Å²) in [6.45, 7) is 2.46. The molecular formula is C22H22F2N4O3. The van der Waals surface area contributed by atoms with Gasteiger partial charge in [-0.2, -0.15) is 0 Å². The normalized spacial score (nSPS) is 24.7. The second-order valence-electron chi connectivity index (χ2n) is 8.36. The van der Waals surface area contributed by atoms with Crippen LogP contribution in [-0.4, -0.2) is 56.5 Å². The van der Waals surface area contributed by atoms with E-state index in [1.54, 1.807) is 29.0 Å². The smallest absolute Gasteiger partial charge is 0.272 e. The van der Waals surface area contributed by atoms with Crippen LogP contribution in [0.1, 0.15) is 53.6 Å². The zero-order valence-corrected chi connectivity index (χ0v) is 17.1. The van der Waals surface area contributed by atoms with Crippen LogP contribution in [-0.2, 0) is 9.53 Å². The Bertz CT molecular complexity index is 1030. The number of rotatable bonds is 2. The van der Waals surface area contributed by atoms with Crippen LogP contribution in [0.15, 0.2) is 30.5 Å². The highest BCUT2D eigenvalue weighted by atomic mass is 19.1. The zero-order valence-electron chi connectivity index (χ0n) is 17.1. The van der Waals surface area contributed by atoms with Gasteiger partial charge in [0, 0.05) is 38.2 Å². The Kier molecular flexibility index (Phi) is 4.73. The van der Waals surface area contributed by atoms with Gasteiger partial charge in [-0.25, -0.2) is 18.7 Å². The number of aromatic nitrogens is 2. The van der Waals surface area contributed by atoms with Gasteiger partial charge in [-0.05, 0) is 43.5 Å². The Labute approximate surface area is 178 Å². The molecule has 4 heterocycles. The average molecular weight is 428 g/mol. The molecular weight excluding hydrogens is 406 g/mol. The molecule has 2 aromatic rings. The predicted octanol–water partition coefficient (Wildman–Crippen LogP) is 2.76. The summed E-state index contributed by atoms with van der Waals surface area (Å²) in [6.07, 6.45) is 3.09. The van der Waals surface area contributed by atoms with Gasteiger partial charge in [0.2, 0.25) is 0 Å². The Morgan fingerprint density at radius 3 is 2.55 bits per heavy atom. The summed E-state index contributed by atoms with van der Waals surface area (Å²) >= 11 is 0. The van der Waals surface area contributed by atoms with E-state index >= 15 is 0 Å². The number of ether oxygens (including phenoxy) is 1. The lowest BCUT2D eigenvalue weighted by atomic mass is 9.89. The molecule has 162 valence electrons. The second-order valence-corrected chi connectivity index (χ2v) is 8.36. The molecule has 0 saturated carbocycles. The Balaban J connectivity index is 1.32. The molecule has 1 spiro atoms. The Morgan fingerprint density at radius 1 is 1.16 bits per heavy atom. The molecule has 5 rings (SSSR count). The molecule has 3 aliphatic rings. The molecule has 3 aliphatic heterocycles. The minimum Gasteiger partial charge on any atom is -0.342 e. The van der Waals surface area contributed by atoms with Gasteiger partial charge in [0.05, 0.1) is 6.04 Å². The number of aryl methyl sites for hydroxylation is 1. The van der Waals surface area contributed by atoms with Crippen molar-refractivity contribution in [2.24, 2.45) is 0 Å². The summed E-state index contributed by atoms with van der Waals surface area (Å²) in [6, 6.07) is 4.55. The van der Waals surface area contributed by atoms with Crippen LogP contribution in [0, 0.1) is 18.6 Å². The van der Waals surface area contributed by atoms with Crippen molar-refractivity contribution in [1.82, 2.24) is 19.8 Å². The number of piperidine rings is 1. The lowest BCUT2D eigenvalue weighted by Gasteiger charge is -2.37. The monoisotopic (exact) mass is 428 g/mol. The molecule has 0 aliphatic carbocycles. The third-order valence-electron chi connectivity index (χ3n) is 6.44. The van der Waals surface area contributed by atoms with E-state index in [0.717, 1.165) is 6.07 Å². The van der Waals surface area contributed by atoms with Crippen LogP contribution in [0.3, 0.4) is 0 Å². The number of carbonyl (C=O) groups is 2. The zero-order chi connectivity index (χ0) is 21.8. The lowest BCUT2D eigenvalue weighted by Crippen LogP contribution is -2.51. The summed E-state index contributed by atoms with van der Waals surface area (Å²) in [7, 11) is 0. The fourth-order valence-electron chi connectivity index (χ4n) is 4.95. The van der Waals surface area contributed by atoms with Gasteiger partial charge in [-0.15, -0.1) is 0 Å². The summed E-state index contributed by atoms with van der Waals surface area (Å²) in [5.74, 6) is -1.15. The van der Waals surface area contributed by atoms with Crippen molar-refractivity contribution in [2.75, 3.05) is 13.1 Å². The van der Waals surface area contributed by atoms with Crippen molar-refractivity contribution in [3.8, 4) is 0 Å². The number of nitrogens with zero attached hydrogens (tertiary/aromatic N) is 4. The Hall–Kier alpha value is -2.94. The number of likely N-dealkylation sites (tertiary alicyclic amines) is 1. The van der Waals surface area contributed by atoms with E-state index in [1.165, 1.54) is 12.1 Å². The van der Waals surface area contributed by atoms with Crippen LogP contribution >= 0.6 is 0 Å². The van der Waals surface area contributed by atoms with Crippen LogP contribution < -0.4 is 0 Å². The third kappa shape index (κ3) is 3.37. The van der Waals surface area contributed by atoms with Crippen molar-refractivity contribution in [3.63, 3.8) is 0 Å². The fraction of sp³-hybridized carbons (Fsp3) is 0.455. The maximum Gasteiger partial charge on any atom is 0.272 e. The molecule has 1 aromatic carbocycles. The molecule has 0 unspecified atom stereocenters. The largest absolute Gasteiger partial charge is 0.342 e. The molecule has 2 atom stereocenters. The van der Waals surface area contributed by atoms with Gasteiger partial charge in [0.15, 0.2) is 5.60 Å². The Morgan fingerprint density at radius 2 is 1.87 bits per heavy atom. The molecule has 1 aromatic heterocycles. The second kappa shape index (κ2) is 7.33. The van der Waals surface area contributed by atoms with E-state index in [9.17, 15) is 18.4 Å². The number of benzene rings is 1. The highest BCUT2D eigenvalue weighted by molar-refractivity contribution is 5.93. The maximum atomic E-state index is 13.7. The third-order valence-corrected chi connectivity index (χ3v) is 6.44. The number of hydrogen-bond donors (Lipinski definition) is 0. The summed E-state index contributed by atoms with van der Waals surface area (Å²) < 4.78 is 33.7. The minimum absolute atomic E-state index is 0.158. The van der Waals surface area contributed by atoms with Gasteiger partial charge in [0.25, 0.3) is 11.8 Å². The van der Waals surface area contributed by atoms with Crippen LogP contribution in [0.5, 0.6) is 0 Å². The molecule has 7 nitrogen and oxygen atoms in total. The fourth-order valence-corrected chi connectivity index (χ4v) is 4.95. The highest BCUT2D eigenvalue weighted by Gasteiger charge is 2.58. The number of carbonyl (C=O) groups excluding carboxylic acids is 2. The van der Waals surface area contributed by atoms with E-state index in [0.29, 0.717) is 55.9 Å². The number of amides is 2. The number of halogens is 2. The summed E-state index contributed by atoms with van der Waals surface area (Å²) in [4.78, 5) is 37.7. The molecule has 3 saturated heterocycles. The number of fused-ring (bicyclic) bond motifs is 1. The van der Waals surface area contributed by atoms with Crippen LogP contribution in [0.25, 0.3) is 0 Å². The maximum absolute atomic E-state index is 13.7. The molecule has 0 radical (unpaired) electrons. The SMILES string of the molecule is Cc1nccc(C(=O)N2CCC3(CC2)O[C@@H]2CC[C@@H](c4cc(F)cc(F)c4)N2C3=O)n1.